The number of ether oxygens (including phenoxy) is 1. The van der Waals surface area contributed by atoms with Crippen LogP contribution in [0.25, 0.3) is 0 Å². The first-order valence-corrected chi connectivity index (χ1v) is 9.67. The van der Waals surface area contributed by atoms with Crippen LogP contribution in [0.4, 0.5) is 0 Å². The molecule has 1 saturated heterocycles. The van der Waals surface area contributed by atoms with Crippen molar-refractivity contribution in [1.29, 1.82) is 0 Å². The van der Waals surface area contributed by atoms with Crippen LogP contribution in [0.5, 0.6) is 0 Å². The Morgan fingerprint density at radius 2 is 2.00 bits per heavy atom. The molecular weight excluding hydrogens is 328 g/mol. The minimum Gasteiger partial charge on any atom is -0.379 e. The van der Waals surface area contributed by atoms with E-state index in [4.69, 9.17) is 4.74 Å². The van der Waals surface area contributed by atoms with Crippen molar-refractivity contribution < 1.29 is 9.53 Å². The molecule has 6 heteroatoms. The van der Waals surface area contributed by atoms with Gasteiger partial charge in [-0.05, 0) is 29.8 Å². The fourth-order valence-electron chi connectivity index (χ4n) is 3.01. The Morgan fingerprint density at radius 1 is 1.26 bits per heavy atom. The van der Waals surface area contributed by atoms with Gasteiger partial charge in [-0.2, -0.15) is 0 Å². The number of thiophene rings is 2. The Hall–Kier alpha value is -1.21. The fraction of sp³-hybridized carbons (Fsp3) is 0.471. The molecular formula is C17H22N2O2S2. The van der Waals surface area contributed by atoms with Gasteiger partial charge in [0.1, 0.15) is 0 Å². The van der Waals surface area contributed by atoms with E-state index in [0.717, 1.165) is 31.2 Å². The summed E-state index contributed by atoms with van der Waals surface area (Å²) in [5.41, 5.74) is 0. The molecule has 0 spiro atoms. The summed E-state index contributed by atoms with van der Waals surface area (Å²) >= 11 is 3.38. The Labute approximate surface area is 145 Å². The van der Waals surface area contributed by atoms with E-state index in [0.29, 0.717) is 6.42 Å². The number of rotatable bonds is 6. The Kier molecular flexibility index (Phi) is 5.83. The summed E-state index contributed by atoms with van der Waals surface area (Å²) in [7, 11) is 0. The van der Waals surface area contributed by atoms with E-state index in [2.05, 4.69) is 34.7 Å². The van der Waals surface area contributed by atoms with E-state index in [1.807, 2.05) is 17.5 Å². The van der Waals surface area contributed by atoms with Crippen LogP contribution in [0.1, 0.15) is 22.7 Å². The van der Waals surface area contributed by atoms with Crippen molar-refractivity contribution in [2.24, 2.45) is 0 Å². The van der Waals surface area contributed by atoms with Crippen molar-refractivity contribution in [3.8, 4) is 0 Å². The zero-order valence-corrected chi connectivity index (χ0v) is 14.9. The smallest absolute Gasteiger partial charge is 0.225 e. The predicted molar refractivity (Wildman–Crippen MR) is 95.1 cm³/mol. The van der Waals surface area contributed by atoms with Gasteiger partial charge in [-0.15, -0.1) is 22.7 Å². The second kappa shape index (κ2) is 8.06. The van der Waals surface area contributed by atoms with Gasteiger partial charge in [-0.25, -0.2) is 0 Å². The number of morpholine rings is 1. The average Bonchev–Trinajstić information content (AvgIpc) is 3.22. The molecule has 1 fully saturated rings. The third kappa shape index (κ3) is 4.41. The topological polar surface area (TPSA) is 41.6 Å². The molecule has 1 aliphatic rings. The Balaban J connectivity index is 1.67. The van der Waals surface area contributed by atoms with E-state index in [1.165, 1.54) is 4.88 Å². The maximum atomic E-state index is 12.3. The molecule has 4 nitrogen and oxygen atoms in total. The summed E-state index contributed by atoms with van der Waals surface area (Å²) in [5.74, 6) is 0.0924. The van der Waals surface area contributed by atoms with Crippen molar-refractivity contribution in [2.75, 3.05) is 26.3 Å². The monoisotopic (exact) mass is 350 g/mol. The van der Waals surface area contributed by atoms with Gasteiger partial charge in [0.25, 0.3) is 0 Å². The molecule has 0 aliphatic carbocycles. The van der Waals surface area contributed by atoms with Gasteiger partial charge in [-0.3, -0.25) is 9.69 Å². The van der Waals surface area contributed by atoms with Gasteiger partial charge >= 0.3 is 0 Å². The fourth-order valence-corrected chi connectivity index (χ4v) is 4.68. The molecule has 0 radical (unpaired) electrons. The van der Waals surface area contributed by atoms with Crippen molar-refractivity contribution in [3.05, 3.63) is 44.8 Å². The van der Waals surface area contributed by atoms with Crippen LogP contribution in [-0.2, 0) is 16.0 Å². The summed E-state index contributed by atoms with van der Waals surface area (Å²) in [6.07, 6.45) is 0.461. The van der Waals surface area contributed by atoms with Crippen molar-refractivity contribution >= 4 is 28.6 Å². The Morgan fingerprint density at radius 3 is 2.65 bits per heavy atom. The van der Waals surface area contributed by atoms with Crippen molar-refractivity contribution in [1.82, 2.24) is 10.2 Å². The standard InChI is InChI=1S/C17H22N2O2S2/c1-13(18-16(20)12-14-4-2-10-22-14)17(15-5-3-11-23-15)19-6-8-21-9-7-19/h2-5,10-11,13,17H,6-9,12H2,1H3,(H,18,20)/t13-,17+/m1/s1. The van der Waals surface area contributed by atoms with Gasteiger partial charge in [0.05, 0.1) is 25.7 Å². The first-order valence-electron chi connectivity index (χ1n) is 7.91. The molecule has 2 aromatic heterocycles. The Bertz CT molecular complexity index is 592. The second-order valence-electron chi connectivity index (χ2n) is 5.72. The largest absolute Gasteiger partial charge is 0.379 e. The van der Waals surface area contributed by atoms with Gasteiger partial charge in [0.2, 0.25) is 5.91 Å². The van der Waals surface area contributed by atoms with E-state index < -0.39 is 0 Å². The van der Waals surface area contributed by atoms with E-state index in [9.17, 15) is 4.79 Å². The lowest BCUT2D eigenvalue weighted by Crippen LogP contribution is -2.48. The molecule has 124 valence electrons. The molecule has 23 heavy (non-hydrogen) atoms. The van der Waals surface area contributed by atoms with E-state index in [-0.39, 0.29) is 18.0 Å². The third-order valence-corrected chi connectivity index (χ3v) is 5.87. The van der Waals surface area contributed by atoms with Gasteiger partial charge in [0.15, 0.2) is 0 Å². The molecule has 0 unspecified atom stereocenters. The quantitative estimate of drug-likeness (QED) is 0.871. The lowest BCUT2D eigenvalue weighted by molar-refractivity contribution is -0.121. The van der Waals surface area contributed by atoms with Crippen LogP contribution in [0.15, 0.2) is 35.0 Å². The first kappa shape index (κ1) is 16.6. The van der Waals surface area contributed by atoms with E-state index in [1.54, 1.807) is 22.7 Å². The lowest BCUT2D eigenvalue weighted by atomic mass is 10.1. The number of carbonyl (C=O) groups is 1. The van der Waals surface area contributed by atoms with Gasteiger partial charge < -0.3 is 10.1 Å². The second-order valence-corrected chi connectivity index (χ2v) is 7.73. The van der Waals surface area contributed by atoms with Crippen LogP contribution < -0.4 is 5.32 Å². The number of carbonyl (C=O) groups excluding carboxylic acids is 1. The SMILES string of the molecule is C[C@@H](NC(=O)Cc1cccs1)[C@@H](c1cccs1)N1CCOCC1. The van der Waals surface area contributed by atoms with Crippen molar-refractivity contribution in [2.45, 2.75) is 25.4 Å². The van der Waals surface area contributed by atoms with Gasteiger partial charge in [-0.1, -0.05) is 12.1 Å². The molecule has 2 aromatic rings. The molecule has 2 atom stereocenters. The number of nitrogens with one attached hydrogen (secondary N) is 1. The molecule has 1 N–H and O–H groups in total. The van der Waals surface area contributed by atoms with Crippen LogP contribution in [0, 0.1) is 0 Å². The average molecular weight is 351 g/mol. The molecule has 1 aliphatic heterocycles. The predicted octanol–water partition coefficient (Wildman–Crippen LogP) is 2.93. The molecule has 3 heterocycles. The summed E-state index contributed by atoms with van der Waals surface area (Å²) < 4.78 is 5.47. The number of amides is 1. The number of hydrogen-bond donors (Lipinski definition) is 1. The summed E-state index contributed by atoms with van der Waals surface area (Å²) in [5, 5.41) is 7.30. The molecule has 1 amide bonds. The zero-order valence-electron chi connectivity index (χ0n) is 13.2. The minimum absolute atomic E-state index is 0.0687. The molecule has 0 bridgehead atoms. The minimum atomic E-state index is 0.0687. The highest BCUT2D eigenvalue weighted by atomic mass is 32.1. The maximum absolute atomic E-state index is 12.3. The van der Waals surface area contributed by atoms with E-state index >= 15 is 0 Å². The molecule has 0 saturated carbocycles. The van der Waals surface area contributed by atoms with Crippen LogP contribution in [0.3, 0.4) is 0 Å². The summed E-state index contributed by atoms with van der Waals surface area (Å²) in [6, 6.07) is 8.51. The van der Waals surface area contributed by atoms with Gasteiger partial charge in [0, 0.05) is 28.9 Å². The zero-order chi connectivity index (χ0) is 16.1. The normalized spacial score (nSPS) is 18.5. The highest BCUT2D eigenvalue weighted by molar-refractivity contribution is 7.10. The van der Waals surface area contributed by atoms with Crippen LogP contribution in [-0.4, -0.2) is 43.2 Å². The summed E-state index contributed by atoms with van der Waals surface area (Å²) in [4.78, 5) is 17.2. The molecule has 0 aromatic carbocycles. The number of nitrogens with zero attached hydrogens (tertiary/aromatic N) is 1. The third-order valence-electron chi connectivity index (χ3n) is 4.05. The highest BCUT2D eigenvalue weighted by Gasteiger charge is 2.29. The summed E-state index contributed by atoms with van der Waals surface area (Å²) in [6.45, 7) is 5.45. The molecule has 3 rings (SSSR count). The van der Waals surface area contributed by atoms with Crippen LogP contribution in [0.2, 0.25) is 0 Å². The van der Waals surface area contributed by atoms with Crippen molar-refractivity contribution in [3.63, 3.8) is 0 Å². The maximum Gasteiger partial charge on any atom is 0.225 e. The lowest BCUT2D eigenvalue weighted by Gasteiger charge is -2.37. The number of hydrogen-bond acceptors (Lipinski definition) is 5. The first-order chi connectivity index (χ1) is 11.2. The highest BCUT2D eigenvalue weighted by Crippen LogP contribution is 2.29. The van der Waals surface area contributed by atoms with Crippen LogP contribution >= 0.6 is 22.7 Å².